The van der Waals surface area contributed by atoms with Crippen LogP contribution in [0.4, 0.5) is 5.82 Å². The average molecular weight is 356 g/mol. The number of halogens is 1. The molecule has 0 saturated carbocycles. The van der Waals surface area contributed by atoms with E-state index in [4.69, 9.17) is 5.73 Å². The second-order valence-electron chi connectivity index (χ2n) is 5.32. The van der Waals surface area contributed by atoms with Crippen molar-refractivity contribution in [2.24, 2.45) is 0 Å². The third kappa shape index (κ3) is 7.46. The summed E-state index contributed by atoms with van der Waals surface area (Å²) < 4.78 is 0.758. The van der Waals surface area contributed by atoms with E-state index in [1.165, 1.54) is 44.9 Å². The van der Waals surface area contributed by atoms with Crippen LogP contribution in [0, 0.1) is 0 Å². The van der Waals surface area contributed by atoms with Crippen LogP contribution in [0.25, 0.3) is 0 Å². The van der Waals surface area contributed by atoms with Crippen molar-refractivity contribution in [3.8, 4) is 0 Å². The fourth-order valence-electron chi connectivity index (χ4n) is 2.19. The molecule has 0 unspecified atom stereocenters. The molecule has 0 saturated heterocycles. The molecule has 1 aromatic rings. The molecule has 0 fully saturated rings. The number of amides is 1. The first-order valence-electron chi connectivity index (χ1n) is 7.84. The quantitative estimate of drug-likeness (QED) is 0.614. The second kappa shape index (κ2) is 10.6. The van der Waals surface area contributed by atoms with Crippen LogP contribution in [0.1, 0.15) is 68.6 Å². The number of carbonyl (C=O) groups excluding carboxylic acids is 1. The van der Waals surface area contributed by atoms with Gasteiger partial charge in [0, 0.05) is 17.2 Å². The Labute approximate surface area is 136 Å². The number of aromatic nitrogens is 1. The van der Waals surface area contributed by atoms with Gasteiger partial charge in [0.05, 0.1) is 5.56 Å². The number of nitrogens with one attached hydrogen (secondary N) is 1. The average Bonchev–Trinajstić information content (AvgIpc) is 2.48. The molecular formula is C16H26BrN3O. The van der Waals surface area contributed by atoms with E-state index >= 15 is 0 Å². The maximum atomic E-state index is 12.0. The molecule has 0 atom stereocenters. The second-order valence-corrected chi connectivity index (χ2v) is 6.23. The molecule has 21 heavy (non-hydrogen) atoms. The molecule has 1 heterocycles. The molecule has 0 aromatic carbocycles. The number of rotatable bonds is 10. The van der Waals surface area contributed by atoms with Crippen molar-refractivity contribution >= 4 is 27.7 Å². The number of pyridine rings is 1. The van der Waals surface area contributed by atoms with Crippen LogP contribution in [0.5, 0.6) is 0 Å². The Morgan fingerprint density at radius 3 is 2.48 bits per heavy atom. The normalized spacial score (nSPS) is 10.6. The minimum absolute atomic E-state index is 0.149. The zero-order valence-electron chi connectivity index (χ0n) is 12.8. The van der Waals surface area contributed by atoms with Gasteiger partial charge in [-0.05, 0) is 28.4 Å². The number of anilines is 1. The smallest absolute Gasteiger partial charge is 0.255 e. The van der Waals surface area contributed by atoms with Crippen molar-refractivity contribution in [2.75, 3.05) is 12.3 Å². The van der Waals surface area contributed by atoms with E-state index in [9.17, 15) is 4.79 Å². The van der Waals surface area contributed by atoms with Crippen molar-refractivity contribution in [1.29, 1.82) is 0 Å². The molecule has 1 amide bonds. The maximum absolute atomic E-state index is 12.0. The number of nitrogen functional groups attached to an aromatic ring is 1. The standard InChI is InChI=1S/C16H26BrN3O/c1-2-3-4-5-6-7-8-9-10-19-16(21)14-11-13(17)12-20-15(14)18/h11-12H,2-10H2,1H3,(H2,18,20)(H,19,21). The van der Waals surface area contributed by atoms with E-state index in [1.807, 2.05) is 0 Å². The third-order valence-corrected chi connectivity index (χ3v) is 3.88. The van der Waals surface area contributed by atoms with E-state index in [1.54, 1.807) is 12.3 Å². The van der Waals surface area contributed by atoms with Gasteiger partial charge in [0.2, 0.25) is 0 Å². The minimum Gasteiger partial charge on any atom is -0.383 e. The van der Waals surface area contributed by atoms with Gasteiger partial charge in [-0.25, -0.2) is 4.98 Å². The lowest BCUT2D eigenvalue weighted by atomic mass is 10.1. The predicted molar refractivity (Wildman–Crippen MR) is 91.3 cm³/mol. The van der Waals surface area contributed by atoms with Crippen molar-refractivity contribution in [3.05, 3.63) is 22.3 Å². The first kappa shape index (κ1) is 18.0. The van der Waals surface area contributed by atoms with Gasteiger partial charge in [-0.1, -0.05) is 51.9 Å². The minimum atomic E-state index is -0.149. The van der Waals surface area contributed by atoms with Gasteiger partial charge in [0.1, 0.15) is 5.82 Å². The number of carbonyl (C=O) groups is 1. The molecule has 1 aromatic heterocycles. The summed E-state index contributed by atoms with van der Waals surface area (Å²) in [6.45, 7) is 2.93. The summed E-state index contributed by atoms with van der Waals surface area (Å²) in [5.41, 5.74) is 6.14. The molecule has 0 radical (unpaired) electrons. The third-order valence-electron chi connectivity index (χ3n) is 3.45. The molecule has 4 nitrogen and oxygen atoms in total. The van der Waals surface area contributed by atoms with Crippen LogP contribution in [0.15, 0.2) is 16.7 Å². The topological polar surface area (TPSA) is 68.0 Å². The van der Waals surface area contributed by atoms with Crippen molar-refractivity contribution in [2.45, 2.75) is 58.3 Å². The lowest BCUT2D eigenvalue weighted by Gasteiger charge is -2.07. The zero-order chi connectivity index (χ0) is 15.5. The Hall–Kier alpha value is -1.10. The van der Waals surface area contributed by atoms with E-state index in [-0.39, 0.29) is 11.7 Å². The zero-order valence-corrected chi connectivity index (χ0v) is 14.4. The molecule has 5 heteroatoms. The van der Waals surface area contributed by atoms with Gasteiger partial charge < -0.3 is 11.1 Å². The Bertz CT molecular complexity index is 438. The molecule has 118 valence electrons. The molecule has 3 N–H and O–H groups in total. The van der Waals surface area contributed by atoms with E-state index in [2.05, 4.69) is 33.2 Å². The summed E-state index contributed by atoms with van der Waals surface area (Å²) in [7, 11) is 0. The lowest BCUT2D eigenvalue weighted by Crippen LogP contribution is -2.25. The number of hydrogen-bond acceptors (Lipinski definition) is 3. The van der Waals surface area contributed by atoms with Crippen LogP contribution in [-0.2, 0) is 0 Å². The van der Waals surface area contributed by atoms with Crippen molar-refractivity contribution in [3.63, 3.8) is 0 Å². The summed E-state index contributed by atoms with van der Waals surface area (Å²) >= 11 is 3.29. The van der Waals surface area contributed by atoms with Gasteiger partial charge in [-0.3, -0.25) is 4.79 Å². The summed E-state index contributed by atoms with van der Waals surface area (Å²) in [4.78, 5) is 15.9. The van der Waals surface area contributed by atoms with Gasteiger partial charge in [0.25, 0.3) is 5.91 Å². The lowest BCUT2D eigenvalue weighted by molar-refractivity contribution is 0.0953. The maximum Gasteiger partial charge on any atom is 0.255 e. The van der Waals surface area contributed by atoms with Gasteiger partial charge in [-0.15, -0.1) is 0 Å². The highest BCUT2D eigenvalue weighted by molar-refractivity contribution is 9.10. The summed E-state index contributed by atoms with van der Waals surface area (Å²) in [5.74, 6) is 0.121. The summed E-state index contributed by atoms with van der Waals surface area (Å²) in [6.07, 6.45) is 11.6. The fourth-order valence-corrected chi connectivity index (χ4v) is 2.52. The predicted octanol–water partition coefficient (Wildman–Crippen LogP) is 4.30. The van der Waals surface area contributed by atoms with Gasteiger partial charge >= 0.3 is 0 Å². The van der Waals surface area contributed by atoms with E-state index in [0.29, 0.717) is 12.1 Å². The monoisotopic (exact) mass is 355 g/mol. The van der Waals surface area contributed by atoms with Crippen LogP contribution in [0.2, 0.25) is 0 Å². The summed E-state index contributed by atoms with van der Waals surface area (Å²) in [6, 6.07) is 1.70. The Morgan fingerprint density at radius 2 is 1.81 bits per heavy atom. The highest BCUT2D eigenvalue weighted by atomic mass is 79.9. The number of nitrogens with zero attached hydrogens (tertiary/aromatic N) is 1. The van der Waals surface area contributed by atoms with Crippen LogP contribution >= 0.6 is 15.9 Å². The highest BCUT2D eigenvalue weighted by Gasteiger charge is 2.10. The Balaban J connectivity index is 2.12. The van der Waals surface area contributed by atoms with E-state index in [0.717, 1.165) is 10.9 Å². The molecule has 0 spiro atoms. The first-order valence-corrected chi connectivity index (χ1v) is 8.63. The van der Waals surface area contributed by atoms with Crippen LogP contribution < -0.4 is 11.1 Å². The highest BCUT2D eigenvalue weighted by Crippen LogP contribution is 2.15. The number of hydrogen-bond donors (Lipinski definition) is 2. The van der Waals surface area contributed by atoms with Crippen molar-refractivity contribution < 1.29 is 4.79 Å². The molecular weight excluding hydrogens is 330 g/mol. The molecule has 0 aliphatic heterocycles. The van der Waals surface area contributed by atoms with Gasteiger partial charge in [0.15, 0.2) is 0 Å². The Kier molecular flexibility index (Phi) is 9.06. The first-order chi connectivity index (χ1) is 10.1. The summed E-state index contributed by atoms with van der Waals surface area (Å²) in [5, 5.41) is 2.90. The molecule has 0 aliphatic carbocycles. The van der Waals surface area contributed by atoms with Gasteiger partial charge in [-0.2, -0.15) is 0 Å². The molecule has 0 aliphatic rings. The number of unbranched alkanes of at least 4 members (excludes halogenated alkanes) is 7. The van der Waals surface area contributed by atoms with Crippen molar-refractivity contribution in [1.82, 2.24) is 10.3 Å². The van der Waals surface area contributed by atoms with Crippen LogP contribution in [0.3, 0.4) is 0 Å². The SMILES string of the molecule is CCCCCCCCCCNC(=O)c1cc(Br)cnc1N. The molecule has 1 rings (SSSR count). The van der Waals surface area contributed by atoms with Crippen LogP contribution in [-0.4, -0.2) is 17.4 Å². The fraction of sp³-hybridized carbons (Fsp3) is 0.625. The Morgan fingerprint density at radius 1 is 1.19 bits per heavy atom. The number of nitrogens with two attached hydrogens (primary N) is 1. The largest absolute Gasteiger partial charge is 0.383 e. The molecule has 0 bridgehead atoms. The van der Waals surface area contributed by atoms with E-state index < -0.39 is 0 Å².